The maximum atomic E-state index is 6.16. The summed E-state index contributed by atoms with van der Waals surface area (Å²) in [4.78, 5) is 2.57. The van der Waals surface area contributed by atoms with E-state index in [4.69, 9.17) is 11.6 Å². The second-order valence-corrected chi connectivity index (χ2v) is 7.29. The first-order chi connectivity index (χ1) is 10.7. The van der Waals surface area contributed by atoms with Gasteiger partial charge in [0, 0.05) is 23.5 Å². The fourth-order valence-electron chi connectivity index (χ4n) is 4.56. The Kier molecular flexibility index (Phi) is 5.01. The molecule has 2 aromatic carbocycles. The van der Waals surface area contributed by atoms with Gasteiger partial charge >= 0.3 is 0 Å². The van der Waals surface area contributed by atoms with Gasteiger partial charge in [0.15, 0.2) is 0 Å². The summed E-state index contributed by atoms with van der Waals surface area (Å²) >= 11 is 6.16. The Balaban J connectivity index is 0.00000156. The first kappa shape index (κ1) is 16.8. The fourth-order valence-corrected chi connectivity index (χ4v) is 4.77. The van der Waals surface area contributed by atoms with Crippen molar-refractivity contribution >= 4 is 24.0 Å². The van der Waals surface area contributed by atoms with Crippen LogP contribution in [0, 0.1) is 5.92 Å². The third-order valence-electron chi connectivity index (χ3n) is 5.60. The lowest BCUT2D eigenvalue weighted by atomic mass is 9.74. The van der Waals surface area contributed by atoms with E-state index in [1.54, 1.807) is 11.1 Å². The largest absolute Gasteiger partial charge is 0.302 e. The van der Waals surface area contributed by atoms with Gasteiger partial charge in [0.1, 0.15) is 0 Å². The molecule has 3 unspecified atom stereocenters. The van der Waals surface area contributed by atoms with Crippen molar-refractivity contribution in [3.05, 3.63) is 70.2 Å². The Labute approximate surface area is 150 Å². The minimum absolute atomic E-state index is 0. The highest BCUT2D eigenvalue weighted by Gasteiger charge is 2.42. The summed E-state index contributed by atoms with van der Waals surface area (Å²) in [6.45, 7) is 1.19. The van der Waals surface area contributed by atoms with Crippen LogP contribution in [0.15, 0.2) is 48.5 Å². The van der Waals surface area contributed by atoms with E-state index < -0.39 is 0 Å². The van der Waals surface area contributed by atoms with E-state index in [0.717, 1.165) is 17.4 Å². The van der Waals surface area contributed by atoms with Gasteiger partial charge in [-0.3, -0.25) is 0 Å². The maximum Gasteiger partial charge on any atom is 0.0408 e. The number of hydrogen-bond donors (Lipinski definition) is 0. The highest BCUT2D eigenvalue weighted by molar-refractivity contribution is 6.30. The molecule has 0 N–H and O–H groups in total. The van der Waals surface area contributed by atoms with Crippen LogP contribution in [0.25, 0.3) is 0 Å². The normalized spacial score (nSPS) is 26.3. The van der Waals surface area contributed by atoms with Crippen LogP contribution in [0.5, 0.6) is 0 Å². The molecule has 2 aliphatic rings. The lowest BCUT2D eigenvalue weighted by Crippen LogP contribution is -2.32. The van der Waals surface area contributed by atoms with Crippen LogP contribution in [0.3, 0.4) is 0 Å². The van der Waals surface area contributed by atoms with Gasteiger partial charge in [0.25, 0.3) is 0 Å². The van der Waals surface area contributed by atoms with Gasteiger partial charge in [-0.1, -0.05) is 48.0 Å². The minimum Gasteiger partial charge on any atom is -0.302 e. The van der Waals surface area contributed by atoms with Gasteiger partial charge in [-0.05, 0) is 61.1 Å². The molecule has 0 spiro atoms. The average molecular weight is 348 g/mol. The van der Waals surface area contributed by atoms with Gasteiger partial charge in [0.2, 0.25) is 0 Å². The van der Waals surface area contributed by atoms with E-state index in [-0.39, 0.29) is 12.4 Å². The van der Waals surface area contributed by atoms with E-state index in [2.05, 4.69) is 54.4 Å². The van der Waals surface area contributed by atoms with E-state index >= 15 is 0 Å². The van der Waals surface area contributed by atoms with Gasteiger partial charge < -0.3 is 4.90 Å². The summed E-state index contributed by atoms with van der Waals surface area (Å²) in [6, 6.07) is 18.0. The average Bonchev–Trinajstić information content (AvgIpc) is 2.84. The summed E-state index contributed by atoms with van der Waals surface area (Å²) < 4.78 is 0. The molecule has 1 heterocycles. The molecule has 23 heavy (non-hydrogen) atoms. The van der Waals surface area contributed by atoms with Gasteiger partial charge in [-0.15, -0.1) is 12.4 Å². The molecule has 1 aliphatic carbocycles. The number of halogens is 2. The van der Waals surface area contributed by atoms with Crippen LogP contribution in [0.4, 0.5) is 0 Å². The molecule has 0 aromatic heterocycles. The zero-order valence-electron chi connectivity index (χ0n) is 13.4. The van der Waals surface area contributed by atoms with Crippen molar-refractivity contribution in [2.75, 3.05) is 13.6 Å². The standard InChI is InChI=1S/C20H22ClN.ClH/c1-22-13-19-17-8-3-2-6-15(17)9-10-18(19)20(22)12-14-5-4-7-16(21)11-14;/h2-8,11,18-20H,9-10,12-13H2,1H3;1H. The third-order valence-corrected chi connectivity index (χ3v) is 5.83. The Bertz CT molecular complexity index is 685. The lowest BCUT2D eigenvalue weighted by Gasteiger charge is -2.31. The van der Waals surface area contributed by atoms with Crippen molar-refractivity contribution in [2.45, 2.75) is 31.2 Å². The molecule has 3 atom stereocenters. The molecule has 1 aliphatic heterocycles. The van der Waals surface area contributed by atoms with Crippen LogP contribution < -0.4 is 0 Å². The number of likely N-dealkylation sites (tertiary alicyclic amines) is 1. The van der Waals surface area contributed by atoms with Crippen molar-refractivity contribution in [1.29, 1.82) is 0 Å². The Hall–Kier alpha value is -1.02. The molecule has 3 heteroatoms. The highest BCUT2D eigenvalue weighted by atomic mass is 35.5. The summed E-state index contributed by atoms with van der Waals surface area (Å²) in [6.07, 6.45) is 3.66. The van der Waals surface area contributed by atoms with Crippen LogP contribution in [0.2, 0.25) is 5.02 Å². The lowest BCUT2D eigenvalue weighted by molar-refractivity contribution is 0.259. The van der Waals surface area contributed by atoms with E-state index in [1.165, 1.54) is 24.9 Å². The Morgan fingerprint density at radius 2 is 1.96 bits per heavy atom. The molecule has 0 bridgehead atoms. The van der Waals surface area contributed by atoms with Gasteiger partial charge in [-0.25, -0.2) is 0 Å². The summed E-state index contributed by atoms with van der Waals surface area (Å²) in [7, 11) is 2.29. The number of likely N-dealkylation sites (N-methyl/N-ethyl adjacent to an activating group) is 1. The molecule has 1 nitrogen and oxygen atoms in total. The number of nitrogens with zero attached hydrogens (tertiary/aromatic N) is 1. The summed E-state index contributed by atoms with van der Waals surface area (Å²) in [5, 5.41) is 0.851. The summed E-state index contributed by atoms with van der Waals surface area (Å²) in [5.41, 5.74) is 4.53. The molecule has 1 saturated heterocycles. The van der Waals surface area contributed by atoms with Crippen molar-refractivity contribution in [3.63, 3.8) is 0 Å². The second kappa shape index (κ2) is 6.84. The predicted molar refractivity (Wildman–Crippen MR) is 99.8 cm³/mol. The number of benzene rings is 2. The summed E-state index contributed by atoms with van der Waals surface area (Å²) in [5.74, 6) is 1.48. The SMILES string of the molecule is CN1CC2c3ccccc3CCC2C1Cc1cccc(Cl)c1.Cl. The number of hydrogen-bond acceptors (Lipinski definition) is 1. The second-order valence-electron chi connectivity index (χ2n) is 6.85. The fraction of sp³-hybridized carbons (Fsp3) is 0.400. The smallest absolute Gasteiger partial charge is 0.0408 e. The Morgan fingerprint density at radius 3 is 2.78 bits per heavy atom. The first-order valence-electron chi connectivity index (χ1n) is 8.25. The molecule has 122 valence electrons. The van der Waals surface area contributed by atoms with Crippen molar-refractivity contribution in [3.8, 4) is 0 Å². The van der Waals surface area contributed by atoms with Crippen LogP contribution in [-0.4, -0.2) is 24.5 Å². The molecular weight excluding hydrogens is 325 g/mol. The monoisotopic (exact) mass is 347 g/mol. The predicted octanol–water partition coefficient (Wildman–Crippen LogP) is 4.96. The molecular formula is C20H23Cl2N. The van der Waals surface area contributed by atoms with E-state index in [0.29, 0.717) is 12.0 Å². The first-order valence-corrected chi connectivity index (χ1v) is 8.62. The number of fused-ring (bicyclic) bond motifs is 3. The Morgan fingerprint density at radius 1 is 1.13 bits per heavy atom. The van der Waals surface area contributed by atoms with Crippen molar-refractivity contribution in [2.24, 2.45) is 5.92 Å². The van der Waals surface area contributed by atoms with Crippen LogP contribution in [0.1, 0.15) is 29.0 Å². The number of aryl methyl sites for hydroxylation is 1. The van der Waals surface area contributed by atoms with E-state index in [1.807, 2.05) is 6.07 Å². The molecule has 4 rings (SSSR count). The zero-order valence-corrected chi connectivity index (χ0v) is 15.0. The third kappa shape index (κ3) is 3.15. The molecule has 0 saturated carbocycles. The van der Waals surface area contributed by atoms with Gasteiger partial charge in [0.05, 0.1) is 0 Å². The maximum absolute atomic E-state index is 6.16. The molecule has 2 aromatic rings. The van der Waals surface area contributed by atoms with E-state index in [9.17, 15) is 0 Å². The van der Waals surface area contributed by atoms with Crippen LogP contribution >= 0.6 is 24.0 Å². The van der Waals surface area contributed by atoms with Crippen LogP contribution in [-0.2, 0) is 12.8 Å². The zero-order chi connectivity index (χ0) is 15.1. The quantitative estimate of drug-likeness (QED) is 0.741. The topological polar surface area (TPSA) is 3.24 Å². The molecule has 1 fully saturated rings. The van der Waals surface area contributed by atoms with Crippen molar-refractivity contribution in [1.82, 2.24) is 4.90 Å². The number of rotatable bonds is 2. The van der Waals surface area contributed by atoms with Crippen molar-refractivity contribution < 1.29 is 0 Å². The molecule has 0 amide bonds. The van der Waals surface area contributed by atoms with Gasteiger partial charge in [-0.2, -0.15) is 0 Å². The molecule has 0 radical (unpaired) electrons. The minimum atomic E-state index is 0. The highest BCUT2D eigenvalue weighted by Crippen LogP contribution is 2.45.